The molecule has 0 aliphatic heterocycles. The summed E-state index contributed by atoms with van der Waals surface area (Å²) in [7, 11) is 0. The first-order valence-corrected chi connectivity index (χ1v) is 8.98. The van der Waals surface area contributed by atoms with Crippen molar-refractivity contribution in [2.24, 2.45) is 0 Å². The van der Waals surface area contributed by atoms with Gasteiger partial charge in [-0.05, 0) is 36.8 Å². The maximum absolute atomic E-state index is 6.28. The molecule has 0 amide bonds. The normalized spacial score (nSPS) is 10.9. The van der Waals surface area contributed by atoms with Crippen LogP contribution in [0.1, 0.15) is 12.5 Å². The van der Waals surface area contributed by atoms with E-state index < -0.39 is 0 Å². The monoisotopic (exact) mass is 363 g/mol. The molecule has 2 aromatic carbocycles. The first kappa shape index (κ1) is 16.4. The number of hydrogen-bond donors (Lipinski definition) is 0. The average Bonchev–Trinajstić information content (AvgIpc) is 2.97. The Morgan fingerprint density at radius 2 is 1.74 bits per heavy atom. The van der Waals surface area contributed by atoms with E-state index in [-0.39, 0.29) is 0 Å². The van der Waals surface area contributed by atoms with Gasteiger partial charge in [-0.15, -0.1) is 10.2 Å². The van der Waals surface area contributed by atoms with Crippen LogP contribution < -0.4 is 0 Å². The van der Waals surface area contributed by atoms with Gasteiger partial charge in [0.2, 0.25) is 0 Å². The van der Waals surface area contributed by atoms with E-state index >= 15 is 0 Å². The smallest absolute Gasteiger partial charge is 0.191 e. The lowest BCUT2D eigenvalue weighted by Crippen LogP contribution is -2.00. The van der Waals surface area contributed by atoms with E-state index in [9.17, 15) is 0 Å². The Labute approximate surface area is 149 Å². The molecule has 6 heteroatoms. The number of nitrogens with zero attached hydrogens (tertiary/aromatic N) is 3. The van der Waals surface area contributed by atoms with Gasteiger partial charge < -0.3 is 4.57 Å². The highest BCUT2D eigenvalue weighted by molar-refractivity contribution is 7.98. The molecular weight excluding hydrogens is 349 g/mol. The van der Waals surface area contributed by atoms with Crippen LogP contribution in [0, 0.1) is 0 Å². The largest absolute Gasteiger partial charge is 0.302 e. The van der Waals surface area contributed by atoms with Gasteiger partial charge >= 0.3 is 0 Å². The molecule has 0 saturated carbocycles. The van der Waals surface area contributed by atoms with Crippen LogP contribution in [-0.4, -0.2) is 14.8 Å². The molecule has 0 aliphatic rings. The molecule has 0 bridgehead atoms. The van der Waals surface area contributed by atoms with Crippen LogP contribution in [0.4, 0.5) is 0 Å². The highest BCUT2D eigenvalue weighted by atomic mass is 35.5. The highest BCUT2D eigenvalue weighted by Gasteiger charge is 2.15. The molecule has 0 unspecified atom stereocenters. The lowest BCUT2D eigenvalue weighted by Gasteiger charge is -2.08. The van der Waals surface area contributed by atoms with Crippen molar-refractivity contribution >= 4 is 35.0 Å². The van der Waals surface area contributed by atoms with E-state index in [0.717, 1.165) is 33.9 Å². The molecule has 23 heavy (non-hydrogen) atoms. The highest BCUT2D eigenvalue weighted by Crippen LogP contribution is 2.30. The third-order valence-corrected chi connectivity index (χ3v) is 5.05. The van der Waals surface area contributed by atoms with Crippen LogP contribution in [0.25, 0.3) is 11.4 Å². The lowest BCUT2D eigenvalue weighted by molar-refractivity contribution is 0.687. The van der Waals surface area contributed by atoms with Crippen molar-refractivity contribution in [2.45, 2.75) is 24.4 Å². The van der Waals surface area contributed by atoms with E-state index in [0.29, 0.717) is 5.02 Å². The van der Waals surface area contributed by atoms with Gasteiger partial charge in [0.05, 0.1) is 5.02 Å². The van der Waals surface area contributed by atoms with E-state index in [1.165, 1.54) is 5.56 Å². The zero-order valence-electron chi connectivity index (χ0n) is 12.5. The molecule has 0 spiro atoms. The number of benzene rings is 2. The molecule has 118 valence electrons. The molecule has 3 aromatic rings. The van der Waals surface area contributed by atoms with Gasteiger partial charge in [0, 0.05) is 22.9 Å². The first-order chi connectivity index (χ1) is 11.2. The van der Waals surface area contributed by atoms with Crippen molar-refractivity contribution < 1.29 is 0 Å². The molecule has 0 aliphatic carbocycles. The van der Waals surface area contributed by atoms with Crippen molar-refractivity contribution in [3.63, 3.8) is 0 Å². The van der Waals surface area contributed by atoms with Crippen molar-refractivity contribution in [1.82, 2.24) is 14.8 Å². The second kappa shape index (κ2) is 7.39. The molecule has 0 radical (unpaired) electrons. The Kier molecular flexibility index (Phi) is 5.26. The van der Waals surface area contributed by atoms with Crippen LogP contribution >= 0.6 is 35.0 Å². The van der Waals surface area contributed by atoms with Crippen LogP contribution in [0.15, 0.2) is 53.7 Å². The Morgan fingerprint density at radius 1 is 1.00 bits per heavy atom. The molecule has 3 rings (SSSR count). The van der Waals surface area contributed by atoms with Gasteiger partial charge in [0.1, 0.15) is 0 Å². The van der Waals surface area contributed by atoms with Crippen molar-refractivity contribution in [3.8, 4) is 11.4 Å². The second-order valence-electron chi connectivity index (χ2n) is 4.95. The summed E-state index contributed by atoms with van der Waals surface area (Å²) >= 11 is 13.9. The van der Waals surface area contributed by atoms with Crippen LogP contribution in [0.2, 0.25) is 10.0 Å². The minimum absolute atomic E-state index is 0.684. The summed E-state index contributed by atoms with van der Waals surface area (Å²) in [6.07, 6.45) is 0. The van der Waals surface area contributed by atoms with Gasteiger partial charge in [-0.3, -0.25) is 0 Å². The fourth-order valence-electron chi connectivity index (χ4n) is 2.25. The molecule has 0 saturated heterocycles. The molecule has 0 atom stereocenters. The number of thioether (sulfide) groups is 1. The van der Waals surface area contributed by atoms with E-state index in [4.69, 9.17) is 23.2 Å². The summed E-state index contributed by atoms with van der Waals surface area (Å²) in [5.74, 6) is 1.62. The van der Waals surface area contributed by atoms with Gasteiger partial charge in [0.15, 0.2) is 11.0 Å². The minimum atomic E-state index is 0.684. The topological polar surface area (TPSA) is 30.7 Å². The standard InChI is InChI=1S/C17H15Cl2N3S/c1-2-22-16(14-5-3-4-6-15(14)19)20-21-17(22)23-11-12-7-9-13(18)10-8-12/h3-10H,2,11H2,1H3. The maximum Gasteiger partial charge on any atom is 0.191 e. The Balaban J connectivity index is 1.84. The predicted octanol–water partition coefficient (Wildman–Crippen LogP) is 5.56. The fraction of sp³-hybridized carbons (Fsp3) is 0.176. The Hall–Kier alpha value is -1.49. The van der Waals surface area contributed by atoms with Gasteiger partial charge in [0.25, 0.3) is 0 Å². The molecule has 1 aromatic heterocycles. The van der Waals surface area contributed by atoms with Crippen molar-refractivity contribution in [3.05, 3.63) is 64.1 Å². The van der Waals surface area contributed by atoms with Gasteiger partial charge in [-0.1, -0.05) is 59.2 Å². The third kappa shape index (κ3) is 3.71. The van der Waals surface area contributed by atoms with Crippen LogP contribution in [0.3, 0.4) is 0 Å². The first-order valence-electron chi connectivity index (χ1n) is 7.24. The summed E-state index contributed by atoms with van der Waals surface area (Å²) in [4.78, 5) is 0. The minimum Gasteiger partial charge on any atom is -0.302 e. The quantitative estimate of drug-likeness (QED) is 0.555. The van der Waals surface area contributed by atoms with Crippen LogP contribution in [0.5, 0.6) is 0 Å². The number of aromatic nitrogens is 3. The summed E-state index contributed by atoms with van der Waals surface area (Å²) in [5, 5.41) is 11.0. The summed E-state index contributed by atoms with van der Waals surface area (Å²) < 4.78 is 2.09. The number of halogens is 2. The van der Waals surface area contributed by atoms with E-state index in [1.807, 2.05) is 48.5 Å². The molecule has 0 N–H and O–H groups in total. The van der Waals surface area contributed by atoms with E-state index in [2.05, 4.69) is 21.7 Å². The summed E-state index contributed by atoms with van der Waals surface area (Å²) in [5.41, 5.74) is 2.10. The molecule has 1 heterocycles. The van der Waals surface area contributed by atoms with Crippen molar-refractivity contribution in [2.75, 3.05) is 0 Å². The zero-order chi connectivity index (χ0) is 16.2. The van der Waals surface area contributed by atoms with Crippen molar-refractivity contribution in [1.29, 1.82) is 0 Å². The molecule has 0 fully saturated rings. The number of hydrogen-bond acceptors (Lipinski definition) is 3. The van der Waals surface area contributed by atoms with E-state index in [1.54, 1.807) is 11.8 Å². The average molecular weight is 364 g/mol. The Bertz CT molecular complexity index is 800. The van der Waals surface area contributed by atoms with Crippen LogP contribution in [-0.2, 0) is 12.3 Å². The second-order valence-corrected chi connectivity index (χ2v) is 6.73. The maximum atomic E-state index is 6.28. The Morgan fingerprint density at radius 3 is 2.43 bits per heavy atom. The molecule has 3 nitrogen and oxygen atoms in total. The molecular formula is C17H15Cl2N3S. The summed E-state index contributed by atoms with van der Waals surface area (Å²) in [6, 6.07) is 15.5. The van der Waals surface area contributed by atoms with Gasteiger partial charge in [-0.25, -0.2) is 0 Å². The van der Waals surface area contributed by atoms with Gasteiger partial charge in [-0.2, -0.15) is 0 Å². The third-order valence-electron chi connectivity index (χ3n) is 3.43. The summed E-state index contributed by atoms with van der Waals surface area (Å²) in [6.45, 7) is 2.87. The zero-order valence-corrected chi connectivity index (χ0v) is 14.9. The lowest BCUT2D eigenvalue weighted by atomic mass is 10.2. The fourth-order valence-corrected chi connectivity index (χ4v) is 3.56. The SMILES string of the molecule is CCn1c(SCc2ccc(Cl)cc2)nnc1-c1ccccc1Cl. The predicted molar refractivity (Wildman–Crippen MR) is 97.2 cm³/mol. The number of rotatable bonds is 5.